The molecule has 0 atom stereocenters. The van der Waals surface area contributed by atoms with Gasteiger partial charge in [-0.1, -0.05) is 23.5 Å². The van der Waals surface area contributed by atoms with E-state index in [0.717, 1.165) is 17.3 Å². The third-order valence-electron chi connectivity index (χ3n) is 3.22. The molecule has 2 N–H and O–H groups in total. The van der Waals surface area contributed by atoms with Crippen molar-refractivity contribution >= 4 is 29.4 Å². The Kier molecular flexibility index (Phi) is 5.84. The number of rotatable bonds is 7. The molecule has 0 saturated heterocycles. The highest BCUT2D eigenvalue weighted by Crippen LogP contribution is 2.30. The van der Waals surface area contributed by atoms with Gasteiger partial charge >= 0.3 is 0 Å². The van der Waals surface area contributed by atoms with Crippen molar-refractivity contribution in [3.05, 3.63) is 48.8 Å². The number of nitrogens with two attached hydrogens (primary N) is 1. The first-order valence-corrected chi connectivity index (χ1v) is 9.23. The van der Waals surface area contributed by atoms with Crippen LogP contribution in [-0.2, 0) is 4.79 Å². The first kappa shape index (κ1) is 18.3. The van der Waals surface area contributed by atoms with Gasteiger partial charge in [0.2, 0.25) is 5.91 Å². The fourth-order valence-corrected chi connectivity index (χ4v) is 3.38. The summed E-state index contributed by atoms with van der Waals surface area (Å²) in [6.45, 7) is 0. The third-order valence-corrected chi connectivity index (χ3v) is 4.89. The number of amides is 1. The first-order chi connectivity index (χ1) is 12.5. The van der Waals surface area contributed by atoms with Crippen LogP contribution < -0.4 is 5.73 Å². The molecule has 10 heteroatoms. The Morgan fingerprint density at radius 1 is 1.19 bits per heavy atom. The van der Waals surface area contributed by atoms with Crippen LogP contribution in [0.3, 0.4) is 0 Å². The number of pyridine rings is 1. The van der Waals surface area contributed by atoms with Crippen molar-refractivity contribution in [1.82, 2.24) is 19.7 Å². The van der Waals surface area contributed by atoms with Gasteiger partial charge in [-0.3, -0.25) is 14.3 Å². The summed E-state index contributed by atoms with van der Waals surface area (Å²) in [5, 5.41) is 8.78. The number of alkyl halides is 2. The lowest BCUT2D eigenvalue weighted by molar-refractivity contribution is -0.115. The molecule has 0 aliphatic rings. The molecule has 0 saturated carbocycles. The van der Waals surface area contributed by atoms with Gasteiger partial charge in [-0.2, -0.15) is 8.78 Å². The largest absolute Gasteiger partial charge is 0.369 e. The summed E-state index contributed by atoms with van der Waals surface area (Å²) in [6, 6.07) is 10.2. The van der Waals surface area contributed by atoms with Crippen molar-refractivity contribution in [1.29, 1.82) is 0 Å². The maximum atomic E-state index is 12.5. The molecule has 1 aromatic carbocycles. The number of carbonyl (C=O) groups excluding carboxylic acids is 1. The fraction of sp³-hybridized carbons (Fsp3) is 0.125. The molecule has 6 nitrogen and oxygen atoms in total. The van der Waals surface area contributed by atoms with E-state index in [1.807, 2.05) is 6.07 Å². The predicted octanol–water partition coefficient (Wildman–Crippen LogP) is 3.22. The fourth-order valence-electron chi connectivity index (χ4n) is 2.19. The van der Waals surface area contributed by atoms with E-state index >= 15 is 0 Å². The van der Waals surface area contributed by atoms with Crippen LogP contribution in [0.25, 0.3) is 17.1 Å². The van der Waals surface area contributed by atoms with Crippen molar-refractivity contribution in [2.75, 3.05) is 5.75 Å². The van der Waals surface area contributed by atoms with E-state index in [1.165, 1.54) is 0 Å². The van der Waals surface area contributed by atoms with Gasteiger partial charge in [0.15, 0.2) is 11.0 Å². The Hall–Kier alpha value is -2.46. The van der Waals surface area contributed by atoms with Crippen LogP contribution in [0.1, 0.15) is 0 Å². The summed E-state index contributed by atoms with van der Waals surface area (Å²) in [5.41, 5.74) is 6.63. The molecule has 0 unspecified atom stereocenters. The van der Waals surface area contributed by atoms with Gasteiger partial charge in [0.25, 0.3) is 5.76 Å². The van der Waals surface area contributed by atoms with E-state index < -0.39 is 11.7 Å². The van der Waals surface area contributed by atoms with Crippen LogP contribution in [0.15, 0.2) is 58.8 Å². The minimum Gasteiger partial charge on any atom is -0.369 e. The average molecular weight is 393 g/mol. The molecule has 2 heterocycles. The van der Waals surface area contributed by atoms with Crippen LogP contribution in [0.4, 0.5) is 8.78 Å². The molecule has 0 bridgehead atoms. The van der Waals surface area contributed by atoms with Gasteiger partial charge < -0.3 is 5.73 Å². The van der Waals surface area contributed by atoms with Crippen LogP contribution in [0, 0.1) is 0 Å². The molecule has 0 fully saturated rings. The summed E-state index contributed by atoms with van der Waals surface area (Å²) >= 11 is 1.62. The molecule has 3 aromatic rings. The number of benzene rings is 1. The second-order valence-electron chi connectivity index (χ2n) is 5.01. The summed E-state index contributed by atoms with van der Waals surface area (Å²) < 4.78 is 26.7. The minimum absolute atomic E-state index is 0.0461. The molecule has 3 rings (SSSR count). The number of hydrogen-bond acceptors (Lipinski definition) is 6. The zero-order valence-electron chi connectivity index (χ0n) is 13.3. The standard InChI is InChI=1S/C16H13F2N5OS2/c17-15(18)26-12-5-3-11(4-6-12)23-14(10-2-1-7-20-8-10)21-22-16(23)25-9-13(19)24/h1-8,15H,9H2,(H2,19,24). The van der Waals surface area contributed by atoms with Crippen LogP contribution in [-0.4, -0.2) is 37.2 Å². The summed E-state index contributed by atoms with van der Waals surface area (Å²) in [6.07, 6.45) is 3.29. The van der Waals surface area contributed by atoms with Crippen molar-refractivity contribution in [2.24, 2.45) is 5.73 Å². The van der Waals surface area contributed by atoms with E-state index in [4.69, 9.17) is 5.73 Å². The monoisotopic (exact) mass is 393 g/mol. The highest BCUT2D eigenvalue weighted by Gasteiger charge is 2.17. The van der Waals surface area contributed by atoms with Crippen molar-refractivity contribution in [3.8, 4) is 17.1 Å². The van der Waals surface area contributed by atoms with E-state index in [2.05, 4.69) is 15.2 Å². The van der Waals surface area contributed by atoms with Gasteiger partial charge in [0, 0.05) is 28.5 Å². The van der Waals surface area contributed by atoms with E-state index in [1.54, 1.807) is 47.3 Å². The Balaban J connectivity index is 2.02. The molecule has 0 spiro atoms. The molecule has 1 amide bonds. The summed E-state index contributed by atoms with van der Waals surface area (Å²) in [5.74, 6) is -2.39. The molecule has 0 aliphatic heterocycles. The number of carbonyl (C=O) groups is 1. The normalized spacial score (nSPS) is 11.0. The highest BCUT2D eigenvalue weighted by molar-refractivity contribution is 8.00. The van der Waals surface area contributed by atoms with E-state index in [0.29, 0.717) is 33.3 Å². The Morgan fingerprint density at radius 3 is 2.58 bits per heavy atom. The van der Waals surface area contributed by atoms with Gasteiger partial charge in [0.05, 0.1) is 5.75 Å². The molecule has 0 radical (unpaired) electrons. The molecule has 0 aliphatic carbocycles. The lowest BCUT2D eigenvalue weighted by Gasteiger charge is -2.10. The number of primary amides is 1. The molecular weight excluding hydrogens is 380 g/mol. The second kappa shape index (κ2) is 8.28. The third kappa shape index (κ3) is 4.38. The Morgan fingerprint density at radius 2 is 1.96 bits per heavy atom. The molecule has 26 heavy (non-hydrogen) atoms. The van der Waals surface area contributed by atoms with Crippen molar-refractivity contribution in [3.63, 3.8) is 0 Å². The lowest BCUT2D eigenvalue weighted by Crippen LogP contribution is -2.13. The topological polar surface area (TPSA) is 86.7 Å². The smallest absolute Gasteiger partial charge is 0.288 e. The van der Waals surface area contributed by atoms with Gasteiger partial charge in [-0.25, -0.2) is 0 Å². The highest BCUT2D eigenvalue weighted by atomic mass is 32.2. The Labute approximate surface area is 156 Å². The maximum absolute atomic E-state index is 12.5. The number of aromatic nitrogens is 4. The minimum atomic E-state index is -2.48. The van der Waals surface area contributed by atoms with Crippen LogP contribution in [0.5, 0.6) is 0 Å². The SMILES string of the molecule is NC(=O)CSc1nnc(-c2cccnc2)n1-c1ccc(SC(F)F)cc1. The van der Waals surface area contributed by atoms with Crippen LogP contribution in [0.2, 0.25) is 0 Å². The maximum Gasteiger partial charge on any atom is 0.288 e. The predicted molar refractivity (Wildman–Crippen MR) is 96.4 cm³/mol. The summed E-state index contributed by atoms with van der Waals surface area (Å²) in [4.78, 5) is 15.6. The zero-order valence-corrected chi connectivity index (χ0v) is 14.9. The lowest BCUT2D eigenvalue weighted by atomic mass is 10.2. The quantitative estimate of drug-likeness (QED) is 0.620. The van der Waals surface area contributed by atoms with Gasteiger partial charge in [-0.05, 0) is 36.4 Å². The Bertz CT molecular complexity index is 887. The number of halogens is 2. The van der Waals surface area contributed by atoms with Crippen LogP contribution >= 0.6 is 23.5 Å². The average Bonchev–Trinajstić information content (AvgIpc) is 3.05. The molecule has 134 valence electrons. The molecule has 2 aromatic heterocycles. The molecular formula is C16H13F2N5OS2. The van der Waals surface area contributed by atoms with E-state index in [-0.39, 0.29) is 5.75 Å². The van der Waals surface area contributed by atoms with E-state index in [9.17, 15) is 13.6 Å². The summed E-state index contributed by atoms with van der Waals surface area (Å²) in [7, 11) is 0. The van der Waals surface area contributed by atoms with Crippen molar-refractivity contribution < 1.29 is 13.6 Å². The van der Waals surface area contributed by atoms with Gasteiger partial charge in [-0.15, -0.1) is 10.2 Å². The van der Waals surface area contributed by atoms with Crippen molar-refractivity contribution in [2.45, 2.75) is 15.8 Å². The number of thioether (sulfide) groups is 2. The second-order valence-corrected chi connectivity index (χ2v) is 7.02. The van der Waals surface area contributed by atoms with Gasteiger partial charge in [0.1, 0.15) is 0 Å². The number of hydrogen-bond donors (Lipinski definition) is 1. The zero-order chi connectivity index (χ0) is 18.5. The number of nitrogens with zero attached hydrogens (tertiary/aromatic N) is 4. The first-order valence-electron chi connectivity index (χ1n) is 7.37.